The van der Waals surface area contributed by atoms with Crippen molar-refractivity contribution in [3.05, 3.63) is 29.6 Å². The molecule has 1 N–H and O–H groups in total. The van der Waals surface area contributed by atoms with Gasteiger partial charge in [0.1, 0.15) is 11.9 Å². The number of nitrogens with zero attached hydrogens (tertiary/aromatic N) is 1. The normalized spacial score (nSPS) is 22.1. The molecule has 1 aromatic carbocycles. The van der Waals surface area contributed by atoms with Gasteiger partial charge in [-0.05, 0) is 31.0 Å². The molecule has 6 heteroatoms. The van der Waals surface area contributed by atoms with Crippen molar-refractivity contribution in [3.63, 3.8) is 0 Å². The lowest BCUT2D eigenvalue weighted by Crippen LogP contribution is -2.35. The molecular formula is C12H13FN2O2S. The topological polar surface area (TPSA) is 70.0 Å². The van der Waals surface area contributed by atoms with Crippen LogP contribution >= 0.6 is 0 Å². The zero-order chi connectivity index (χ0) is 13.2. The van der Waals surface area contributed by atoms with Crippen molar-refractivity contribution in [2.75, 3.05) is 16.8 Å². The van der Waals surface area contributed by atoms with E-state index in [0.717, 1.165) is 12.5 Å². The summed E-state index contributed by atoms with van der Waals surface area (Å²) in [6, 6.07) is 5.54. The quantitative estimate of drug-likeness (QED) is 0.886. The Hall–Kier alpha value is -1.61. The second-order valence-electron chi connectivity index (χ2n) is 4.40. The monoisotopic (exact) mass is 268 g/mol. The summed E-state index contributed by atoms with van der Waals surface area (Å²) in [5, 5.41) is 11.9. The van der Waals surface area contributed by atoms with Gasteiger partial charge in [0, 0.05) is 6.04 Å². The fourth-order valence-corrected chi connectivity index (χ4v) is 3.73. The van der Waals surface area contributed by atoms with Crippen LogP contribution in [0.4, 0.5) is 10.1 Å². The number of nitrogens with one attached hydrogen (secondary N) is 1. The second-order valence-corrected chi connectivity index (χ2v) is 6.63. The van der Waals surface area contributed by atoms with Crippen LogP contribution in [-0.2, 0) is 9.84 Å². The molecule has 0 aliphatic carbocycles. The van der Waals surface area contributed by atoms with Crippen molar-refractivity contribution < 1.29 is 12.8 Å². The Morgan fingerprint density at radius 1 is 1.44 bits per heavy atom. The van der Waals surface area contributed by atoms with Gasteiger partial charge in [0.05, 0.1) is 22.8 Å². The van der Waals surface area contributed by atoms with Crippen LogP contribution < -0.4 is 5.32 Å². The molecule has 4 nitrogen and oxygen atoms in total. The van der Waals surface area contributed by atoms with Gasteiger partial charge >= 0.3 is 0 Å². The highest BCUT2D eigenvalue weighted by atomic mass is 32.2. The van der Waals surface area contributed by atoms with Gasteiger partial charge in [0.2, 0.25) is 0 Å². The van der Waals surface area contributed by atoms with Crippen LogP contribution in [0.2, 0.25) is 0 Å². The Morgan fingerprint density at radius 2 is 2.22 bits per heavy atom. The zero-order valence-electron chi connectivity index (χ0n) is 9.69. The Bertz CT molecular complexity index is 593. The molecule has 0 bridgehead atoms. The summed E-state index contributed by atoms with van der Waals surface area (Å²) in [6.07, 6.45) is 1.35. The SMILES string of the molecule is N#Cc1cc(F)ccc1NC1CCCS(=O)(=O)C1. The lowest BCUT2D eigenvalue weighted by Gasteiger charge is -2.24. The molecule has 1 aromatic rings. The third-order valence-corrected chi connectivity index (χ3v) is 4.75. The van der Waals surface area contributed by atoms with E-state index >= 15 is 0 Å². The molecule has 1 saturated heterocycles. The maximum Gasteiger partial charge on any atom is 0.152 e. The Balaban J connectivity index is 2.17. The van der Waals surface area contributed by atoms with Gasteiger partial charge in [0.25, 0.3) is 0 Å². The molecule has 1 aliphatic heterocycles. The largest absolute Gasteiger partial charge is 0.380 e. The number of sulfone groups is 1. The predicted octanol–water partition coefficient (Wildman–Crippen LogP) is 1.69. The highest BCUT2D eigenvalue weighted by Gasteiger charge is 2.25. The smallest absolute Gasteiger partial charge is 0.152 e. The van der Waals surface area contributed by atoms with Crippen molar-refractivity contribution in [1.29, 1.82) is 5.26 Å². The van der Waals surface area contributed by atoms with E-state index in [4.69, 9.17) is 5.26 Å². The van der Waals surface area contributed by atoms with Crippen LogP contribution in [0.15, 0.2) is 18.2 Å². The molecule has 1 aliphatic rings. The summed E-state index contributed by atoms with van der Waals surface area (Å²) >= 11 is 0. The summed E-state index contributed by atoms with van der Waals surface area (Å²) < 4.78 is 36.0. The Morgan fingerprint density at radius 3 is 2.89 bits per heavy atom. The van der Waals surface area contributed by atoms with Gasteiger partial charge in [0.15, 0.2) is 9.84 Å². The first kappa shape index (κ1) is 12.8. The summed E-state index contributed by atoms with van der Waals surface area (Å²) in [6.45, 7) is 0. The van der Waals surface area contributed by atoms with Crippen molar-refractivity contribution in [3.8, 4) is 6.07 Å². The summed E-state index contributed by atoms with van der Waals surface area (Å²) in [5.41, 5.74) is 0.680. The van der Waals surface area contributed by atoms with E-state index in [9.17, 15) is 12.8 Å². The number of rotatable bonds is 2. The highest BCUT2D eigenvalue weighted by Crippen LogP contribution is 2.21. The third kappa shape index (κ3) is 2.99. The minimum absolute atomic E-state index is 0.0647. The van der Waals surface area contributed by atoms with Gasteiger partial charge in [-0.2, -0.15) is 5.26 Å². The van der Waals surface area contributed by atoms with Gasteiger partial charge in [-0.25, -0.2) is 12.8 Å². The predicted molar refractivity (Wildman–Crippen MR) is 66.4 cm³/mol. The van der Waals surface area contributed by atoms with Gasteiger partial charge in [-0.1, -0.05) is 0 Å². The van der Waals surface area contributed by atoms with E-state index in [2.05, 4.69) is 5.32 Å². The fraction of sp³-hybridized carbons (Fsp3) is 0.417. The van der Waals surface area contributed by atoms with E-state index in [1.54, 1.807) is 0 Å². The van der Waals surface area contributed by atoms with Crippen LogP contribution in [0.3, 0.4) is 0 Å². The van der Waals surface area contributed by atoms with Crippen LogP contribution in [0, 0.1) is 17.1 Å². The number of benzene rings is 1. The molecule has 1 fully saturated rings. The molecular weight excluding hydrogens is 255 g/mol. The molecule has 0 aromatic heterocycles. The van der Waals surface area contributed by atoms with Crippen LogP contribution in [0.5, 0.6) is 0 Å². The van der Waals surface area contributed by atoms with Crippen molar-refractivity contribution in [1.82, 2.24) is 0 Å². The fourth-order valence-electron chi connectivity index (χ4n) is 2.09. The molecule has 1 heterocycles. The van der Waals surface area contributed by atoms with Crippen LogP contribution in [-0.4, -0.2) is 26.0 Å². The first-order valence-electron chi connectivity index (χ1n) is 5.67. The van der Waals surface area contributed by atoms with E-state index in [0.29, 0.717) is 12.1 Å². The van der Waals surface area contributed by atoms with Gasteiger partial charge in [-0.3, -0.25) is 0 Å². The molecule has 0 radical (unpaired) electrons. The molecule has 2 rings (SSSR count). The van der Waals surface area contributed by atoms with Gasteiger partial charge < -0.3 is 5.32 Å². The summed E-state index contributed by atoms with van der Waals surface area (Å²) in [5.74, 6) is -0.192. The van der Waals surface area contributed by atoms with Crippen LogP contribution in [0.1, 0.15) is 18.4 Å². The lowest BCUT2D eigenvalue weighted by atomic mass is 10.1. The molecule has 18 heavy (non-hydrogen) atoms. The zero-order valence-corrected chi connectivity index (χ0v) is 10.5. The second kappa shape index (κ2) is 4.94. The molecule has 0 spiro atoms. The Kier molecular flexibility index (Phi) is 3.53. The molecule has 0 saturated carbocycles. The summed E-state index contributed by atoms with van der Waals surface area (Å²) in [7, 11) is -3.00. The van der Waals surface area contributed by atoms with Crippen LogP contribution in [0.25, 0.3) is 0 Å². The van der Waals surface area contributed by atoms with Crippen molar-refractivity contribution >= 4 is 15.5 Å². The van der Waals surface area contributed by atoms with Crippen molar-refractivity contribution in [2.24, 2.45) is 0 Å². The first-order valence-corrected chi connectivity index (χ1v) is 7.49. The van der Waals surface area contributed by atoms with Gasteiger partial charge in [-0.15, -0.1) is 0 Å². The maximum atomic E-state index is 13.0. The van der Waals surface area contributed by atoms with E-state index in [1.165, 1.54) is 12.1 Å². The highest BCUT2D eigenvalue weighted by molar-refractivity contribution is 7.91. The molecule has 1 unspecified atom stereocenters. The molecule has 96 valence electrons. The third-order valence-electron chi connectivity index (χ3n) is 2.92. The van der Waals surface area contributed by atoms with Crippen molar-refractivity contribution in [2.45, 2.75) is 18.9 Å². The number of nitriles is 1. The Labute approximate surface area is 105 Å². The minimum Gasteiger partial charge on any atom is -0.380 e. The number of anilines is 1. The lowest BCUT2D eigenvalue weighted by molar-refractivity contribution is 0.562. The average molecular weight is 268 g/mol. The summed E-state index contributed by atoms with van der Waals surface area (Å²) in [4.78, 5) is 0. The first-order chi connectivity index (χ1) is 8.50. The van der Waals surface area contributed by atoms with E-state index in [-0.39, 0.29) is 23.1 Å². The standard InChI is InChI=1S/C12H13FN2O2S/c13-10-3-4-12(9(6-10)7-14)15-11-2-1-5-18(16,17)8-11/h3-4,6,11,15H,1-2,5,8H2. The molecule has 0 amide bonds. The van der Waals surface area contributed by atoms with E-state index in [1.807, 2.05) is 6.07 Å². The van der Waals surface area contributed by atoms with E-state index < -0.39 is 15.7 Å². The maximum absolute atomic E-state index is 13.0. The minimum atomic E-state index is -3.00. The molecule has 1 atom stereocenters. The number of hydrogen-bond donors (Lipinski definition) is 1. The average Bonchev–Trinajstić information content (AvgIpc) is 2.30. The number of halogens is 1. The number of hydrogen-bond acceptors (Lipinski definition) is 4.